The van der Waals surface area contributed by atoms with E-state index in [1.807, 2.05) is 31.2 Å². The van der Waals surface area contributed by atoms with E-state index < -0.39 is 26.1 Å². The van der Waals surface area contributed by atoms with Crippen LogP contribution in [0.25, 0.3) is 0 Å². The third-order valence-electron chi connectivity index (χ3n) is 4.52. The van der Waals surface area contributed by atoms with E-state index in [0.29, 0.717) is 23.4 Å². The molecule has 0 bridgehead atoms. The molecule has 0 amide bonds. The maximum atomic E-state index is 12.3. The lowest BCUT2D eigenvalue weighted by Gasteiger charge is -2.21. The van der Waals surface area contributed by atoms with Crippen LogP contribution in [-0.4, -0.2) is 39.0 Å². The van der Waals surface area contributed by atoms with Crippen molar-refractivity contribution >= 4 is 31.4 Å². The number of hydrogen-bond donors (Lipinski definition) is 1. The summed E-state index contributed by atoms with van der Waals surface area (Å²) in [4.78, 5) is 0. The summed E-state index contributed by atoms with van der Waals surface area (Å²) in [5.74, 6) is -0.0322. The van der Waals surface area contributed by atoms with Gasteiger partial charge < -0.3 is 0 Å². The molecule has 150 valence electrons. The first-order chi connectivity index (χ1) is 13.1. The molecule has 0 fully saturated rings. The van der Waals surface area contributed by atoms with Gasteiger partial charge in [0.15, 0.2) is 0 Å². The standard InChI is InChI=1S/C19H23N3O4S2/c1-4-28(25,26)21-17-7-5-6-16(12-17)18-13-19(22(20-18)27(3,23)24)15-10-8-14(2)9-11-15/h5-12,19,21H,4,13H2,1-3H3. The van der Waals surface area contributed by atoms with Gasteiger partial charge in [0, 0.05) is 12.1 Å². The zero-order chi connectivity index (χ0) is 20.5. The summed E-state index contributed by atoms with van der Waals surface area (Å²) in [6.07, 6.45) is 1.53. The van der Waals surface area contributed by atoms with Crippen molar-refractivity contribution in [1.29, 1.82) is 0 Å². The fourth-order valence-electron chi connectivity index (χ4n) is 3.02. The summed E-state index contributed by atoms with van der Waals surface area (Å²) in [5.41, 5.74) is 3.64. The predicted molar refractivity (Wildman–Crippen MR) is 111 cm³/mol. The highest BCUT2D eigenvalue weighted by molar-refractivity contribution is 7.92. The first kappa shape index (κ1) is 20.3. The van der Waals surface area contributed by atoms with Crippen molar-refractivity contribution in [3.8, 4) is 0 Å². The van der Waals surface area contributed by atoms with Crippen molar-refractivity contribution in [1.82, 2.24) is 4.41 Å². The second kappa shape index (κ2) is 7.56. The Bertz CT molecular complexity index is 1110. The van der Waals surface area contributed by atoms with Gasteiger partial charge in [-0.05, 0) is 37.1 Å². The van der Waals surface area contributed by atoms with Crippen LogP contribution in [0.1, 0.15) is 36.1 Å². The smallest absolute Gasteiger partial charge is 0.247 e. The summed E-state index contributed by atoms with van der Waals surface area (Å²) >= 11 is 0. The summed E-state index contributed by atoms with van der Waals surface area (Å²) in [6.45, 7) is 3.53. The molecule has 2 aromatic rings. The lowest BCUT2D eigenvalue weighted by atomic mass is 9.98. The molecule has 0 saturated carbocycles. The lowest BCUT2D eigenvalue weighted by molar-refractivity contribution is 0.375. The van der Waals surface area contributed by atoms with E-state index in [9.17, 15) is 16.8 Å². The van der Waals surface area contributed by atoms with Gasteiger partial charge in [0.25, 0.3) is 0 Å². The molecule has 1 N–H and O–H groups in total. The fourth-order valence-corrected chi connectivity index (χ4v) is 4.56. The number of hydrogen-bond acceptors (Lipinski definition) is 5. The van der Waals surface area contributed by atoms with Crippen LogP contribution >= 0.6 is 0 Å². The van der Waals surface area contributed by atoms with Crippen molar-refractivity contribution < 1.29 is 16.8 Å². The van der Waals surface area contributed by atoms with Crippen molar-refractivity contribution in [2.24, 2.45) is 5.10 Å². The number of aryl methyl sites for hydroxylation is 1. The number of sulfonamides is 2. The Hall–Kier alpha value is -2.39. The van der Waals surface area contributed by atoms with Gasteiger partial charge in [0.2, 0.25) is 20.0 Å². The van der Waals surface area contributed by atoms with Crippen LogP contribution in [0.3, 0.4) is 0 Å². The molecule has 1 unspecified atom stereocenters. The Morgan fingerprint density at radius 3 is 2.39 bits per heavy atom. The van der Waals surface area contributed by atoms with Gasteiger partial charge >= 0.3 is 0 Å². The third-order valence-corrected chi connectivity index (χ3v) is 6.85. The zero-order valence-corrected chi connectivity index (χ0v) is 17.6. The van der Waals surface area contributed by atoms with Crippen LogP contribution in [0.5, 0.6) is 0 Å². The monoisotopic (exact) mass is 421 g/mol. The Morgan fingerprint density at radius 1 is 1.11 bits per heavy atom. The first-order valence-corrected chi connectivity index (χ1v) is 12.3. The highest BCUT2D eigenvalue weighted by atomic mass is 32.2. The van der Waals surface area contributed by atoms with Gasteiger partial charge in [-0.15, -0.1) is 0 Å². The molecule has 1 aliphatic rings. The van der Waals surface area contributed by atoms with Crippen molar-refractivity contribution in [2.45, 2.75) is 26.3 Å². The summed E-state index contributed by atoms with van der Waals surface area (Å²) in [6, 6.07) is 14.1. The number of hydrazone groups is 1. The average molecular weight is 422 g/mol. The highest BCUT2D eigenvalue weighted by Gasteiger charge is 2.34. The van der Waals surface area contributed by atoms with E-state index in [4.69, 9.17) is 0 Å². The van der Waals surface area contributed by atoms with E-state index in [-0.39, 0.29) is 5.75 Å². The predicted octanol–water partition coefficient (Wildman–Crippen LogP) is 2.87. The van der Waals surface area contributed by atoms with Crippen LogP contribution in [0.4, 0.5) is 5.69 Å². The van der Waals surface area contributed by atoms with Crippen LogP contribution in [0.15, 0.2) is 53.6 Å². The quantitative estimate of drug-likeness (QED) is 0.776. The largest absolute Gasteiger partial charge is 0.284 e. The Morgan fingerprint density at radius 2 is 1.79 bits per heavy atom. The van der Waals surface area contributed by atoms with Gasteiger partial charge in [-0.25, -0.2) is 16.8 Å². The molecule has 2 aromatic carbocycles. The number of anilines is 1. The maximum absolute atomic E-state index is 12.3. The molecule has 0 saturated heterocycles. The SMILES string of the molecule is CCS(=O)(=O)Nc1cccc(C2=NN(S(C)(=O)=O)C(c3ccc(C)cc3)C2)c1. The van der Waals surface area contributed by atoms with Crippen LogP contribution < -0.4 is 4.72 Å². The van der Waals surface area contributed by atoms with Gasteiger partial charge in [0.05, 0.1) is 23.8 Å². The molecule has 1 atom stereocenters. The van der Waals surface area contributed by atoms with E-state index in [1.165, 1.54) is 0 Å². The molecule has 0 radical (unpaired) electrons. The molecule has 0 aromatic heterocycles. The zero-order valence-electron chi connectivity index (χ0n) is 16.0. The molecule has 7 nitrogen and oxygen atoms in total. The molecular formula is C19H23N3O4S2. The number of rotatable bonds is 6. The Labute approximate surface area is 166 Å². The molecule has 0 spiro atoms. The molecule has 28 heavy (non-hydrogen) atoms. The minimum atomic E-state index is -3.56. The molecular weight excluding hydrogens is 398 g/mol. The summed E-state index contributed by atoms with van der Waals surface area (Å²) in [5, 5.41) is 4.35. The van der Waals surface area contributed by atoms with Crippen LogP contribution in [0, 0.1) is 6.92 Å². The summed E-state index contributed by atoms with van der Waals surface area (Å²) < 4.78 is 51.8. The highest BCUT2D eigenvalue weighted by Crippen LogP contribution is 2.35. The number of nitrogens with zero attached hydrogens (tertiary/aromatic N) is 2. The maximum Gasteiger partial charge on any atom is 0.247 e. The molecule has 9 heteroatoms. The van der Waals surface area contributed by atoms with Crippen molar-refractivity contribution in [2.75, 3.05) is 16.7 Å². The minimum Gasteiger partial charge on any atom is -0.284 e. The minimum absolute atomic E-state index is 0.0322. The van der Waals surface area contributed by atoms with Gasteiger partial charge in [0.1, 0.15) is 0 Å². The first-order valence-electron chi connectivity index (χ1n) is 8.83. The Balaban J connectivity index is 1.95. The molecule has 1 aliphatic heterocycles. The average Bonchev–Trinajstić information content (AvgIpc) is 3.08. The van der Waals surface area contributed by atoms with E-state index in [2.05, 4.69) is 9.82 Å². The van der Waals surface area contributed by atoms with Crippen molar-refractivity contribution in [3.05, 3.63) is 65.2 Å². The fraction of sp³-hybridized carbons (Fsp3) is 0.316. The van der Waals surface area contributed by atoms with E-state index >= 15 is 0 Å². The van der Waals surface area contributed by atoms with E-state index in [1.54, 1.807) is 31.2 Å². The second-order valence-electron chi connectivity index (χ2n) is 6.80. The lowest BCUT2D eigenvalue weighted by Crippen LogP contribution is -2.25. The third kappa shape index (κ3) is 4.53. The summed E-state index contributed by atoms with van der Waals surface area (Å²) in [7, 11) is -6.96. The van der Waals surface area contributed by atoms with E-state index in [0.717, 1.165) is 21.8 Å². The van der Waals surface area contributed by atoms with Crippen LogP contribution in [0.2, 0.25) is 0 Å². The molecule has 1 heterocycles. The van der Waals surface area contributed by atoms with Crippen LogP contribution in [-0.2, 0) is 20.0 Å². The molecule has 3 rings (SSSR count). The number of benzene rings is 2. The van der Waals surface area contributed by atoms with Gasteiger partial charge in [-0.1, -0.05) is 42.0 Å². The number of nitrogens with one attached hydrogen (secondary N) is 1. The van der Waals surface area contributed by atoms with Crippen molar-refractivity contribution in [3.63, 3.8) is 0 Å². The van der Waals surface area contributed by atoms with Gasteiger partial charge in [-0.2, -0.15) is 9.52 Å². The normalized spacial score (nSPS) is 17.5. The second-order valence-corrected chi connectivity index (χ2v) is 10.7. The van der Waals surface area contributed by atoms with Gasteiger partial charge in [-0.3, -0.25) is 4.72 Å². The molecule has 0 aliphatic carbocycles. The Kier molecular flexibility index (Phi) is 5.49. The topological polar surface area (TPSA) is 95.9 Å².